The van der Waals surface area contributed by atoms with Gasteiger partial charge in [0.1, 0.15) is 5.82 Å². The summed E-state index contributed by atoms with van der Waals surface area (Å²) in [6.45, 7) is 2.26. The van der Waals surface area contributed by atoms with E-state index in [1.54, 1.807) is 12.1 Å². The van der Waals surface area contributed by atoms with Crippen molar-refractivity contribution in [1.82, 2.24) is 10.6 Å². The lowest BCUT2D eigenvalue weighted by atomic mass is 9.90. The largest absolute Gasteiger partial charge is 0.387 e. The molecule has 2 aliphatic rings. The fourth-order valence-corrected chi connectivity index (χ4v) is 3.73. The van der Waals surface area contributed by atoms with Gasteiger partial charge in [-0.25, -0.2) is 4.39 Å². The molecule has 0 unspecified atom stereocenters. The predicted molar refractivity (Wildman–Crippen MR) is 96.0 cm³/mol. The van der Waals surface area contributed by atoms with Gasteiger partial charge in [-0.1, -0.05) is 12.1 Å². The minimum atomic E-state index is -0.612. The number of halogens is 3. The van der Waals surface area contributed by atoms with Crippen molar-refractivity contribution < 1.29 is 9.50 Å². The zero-order chi connectivity index (χ0) is 14.7. The monoisotopic (exact) mass is 364 g/mol. The molecule has 0 aromatic heterocycles. The first-order chi connectivity index (χ1) is 10.2. The Kier molecular flexibility index (Phi) is 8.80. The van der Waals surface area contributed by atoms with E-state index >= 15 is 0 Å². The highest BCUT2D eigenvalue weighted by molar-refractivity contribution is 5.85. The maximum Gasteiger partial charge on any atom is 0.123 e. The van der Waals surface area contributed by atoms with Crippen LogP contribution < -0.4 is 10.6 Å². The average molecular weight is 365 g/mol. The molecule has 132 valence electrons. The first-order valence-electron chi connectivity index (χ1n) is 8.12. The number of nitrogens with one attached hydrogen (secondary N) is 2. The van der Waals surface area contributed by atoms with E-state index in [9.17, 15) is 9.50 Å². The summed E-state index contributed by atoms with van der Waals surface area (Å²) in [6, 6.07) is 6.87. The number of piperidine rings is 1. The van der Waals surface area contributed by atoms with Crippen molar-refractivity contribution in [2.24, 2.45) is 5.92 Å². The van der Waals surface area contributed by atoms with Crippen LogP contribution in [0.5, 0.6) is 0 Å². The number of hydrogen-bond acceptors (Lipinski definition) is 3. The van der Waals surface area contributed by atoms with Gasteiger partial charge in [0.05, 0.1) is 6.10 Å². The van der Waals surface area contributed by atoms with Crippen molar-refractivity contribution in [1.29, 1.82) is 0 Å². The minimum absolute atomic E-state index is 0. The Morgan fingerprint density at radius 3 is 2.57 bits per heavy atom. The second-order valence-corrected chi connectivity index (χ2v) is 6.48. The van der Waals surface area contributed by atoms with Gasteiger partial charge in [0.2, 0.25) is 0 Å². The van der Waals surface area contributed by atoms with Gasteiger partial charge in [0, 0.05) is 12.1 Å². The van der Waals surface area contributed by atoms with Gasteiger partial charge in [0.25, 0.3) is 0 Å². The number of aliphatic hydroxyl groups excluding tert-OH is 1. The first-order valence-corrected chi connectivity index (χ1v) is 8.12. The number of aliphatic hydroxyl groups is 1. The van der Waals surface area contributed by atoms with Crippen molar-refractivity contribution in [3.05, 3.63) is 35.6 Å². The van der Waals surface area contributed by atoms with E-state index in [0.717, 1.165) is 31.8 Å². The molecule has 0 bridgehead atoms. The van der Waals surface area contributed by atoms with Gasteiger partial charge in [-0.15, -0.1) is 24.8 Å². The summed E-state index contributed by atoms with van der Waals surface area (Å²) in [4.78, 5) is 0. The third kappa shape index (κ3) is 5.57. The third-order valence-corrected chi connectivity index (χ3v) is 4.92. The van der Waals surface area contributed by atoms with Crippen LogP contribution in [0.25, 0.3) is 0 Å². The molecule has 1 aromatic rings. The summed E-state index contributed by atoms with van der Waals surface area (Å²) in [5.74, 6) is 0.518. The van der Waals surface area contributed by atoms with Crippen LogP contribution in [-0.2, 0) is 0 Å². The summed E-state index contributed by atoms with van der Waals surface area (Å²) >= 11 is 0. The molecular weight excluding hydrogens is 338 g/mol. The van der Waals surface area contributed by atoms with Gasteiger partial charge < -0.3 is 15.7 Å². The van der Waals surface area contributed by atoms with Gasteiger partial charge >= 0.3 is 0 Å². The van der Waals surface area contributed by atoms with E-state index in [1.165, 1.54) is 31.4 Å². The van der Waals surface area contributed by atoms with Crippen LogP contribution in [0.4, 0.5) is 4.39 Å². The van der Waals surface area contributed by atoms with Crippen LogP contribution >= 0.6 is 24.8 Å². The second-order valence-electron chi connectivity index (χ2n) is 6.48. The summed E-state index contributed by atoms with van der Waals surface area (Å²) in [5.41, 5.74) is 0.676. The summed E-state index contributed by atoms with van der Waals surface area (Å²) in [7, 11) is 0. The molecule has 0 spiro atoms. The average Bonchev–Trinajstić information content (AvgIpc) is 2.96. The van der Waals surface area contributed by atoms with Crippen molar-refractivity contribution in [3.63, 3.8) is 0 Å². The van der Waals surface area contributed by atoms with Crippen LogP contribution in [0.15, 0.2) is 24.3 Å². The topological polar surface area (TPSA) is 44.3 Å². The highest BCUT2D eigenvalue weighted by Crippen LogP contribution is 2.29. The molecule has 2 saturated heterocycles. The first kappa shape index (κ1) is 20.7. The quantitative estimate of drug-likeness (QED) is 0.768. The third-order valence-electron chi connectivity index (χ3n) is 4.92. The zero-order valence-corrected chi connectivity index (χ0v) is 14.8. The Balaban J connectivity index is 0.00000132. The van der Waals surface area contributed by atoms with Crippen molar-refractivity contribution in [2.45, 2.75) is 50.3 Å². The smallest absolute Gasteiger partial charge is 0.123 e. The van der Waals surface area contributed by atoms with Crippen molar-refractivity contribution >= 4 is 24.8 Å². The van der Waals surface area contributed by atoms with Gasteiger partial charge in [0.15, 0.2) is 0 Å². The standard InChI is InChI=1S/C17H25FN2O.2ClH/c18-14-3-1-2-13(11-14)17(21)16-5-4-15(20-16)10-12-6-8-19-9-7-12;;/h1-3,11-12,15-17,19-21H,4-10H2;2*1H/t15-,16+,17+;;/m0../s1. The lowest BCUT2D eigenvalue weighted by molar-refractivity contribution is 0.133. The molecule has 2 fully saturated rings. The second kappa shape index (κ2) is 9.80. The molecule has 2 heterocycles. The lowest BCUT2D eigenvalue weighted by Crippen LogP contribution is -2.37. The zero-order valence-electron chi connectivity index (χ0n) is 13.2. The lowest BCUT2D eigenvalue weighted by Gasteiger charge is -2.26. The van der Waals surface area contributed by atoms with E-state index in [4.69, 9.17) is 0 Å². The molecule has 23 heavy (non-hydrogen) atoms. The van der Waals surface area contributed by atoms with E-state index in [2.05, 4.69) is 10.6 Å². The Bertz CT molecular complexity index is 472. The molecular formula is C17H27Cl2FN2O. The van der Waals surface area contributed by atoms with Gasteiger partial charge in [-0.2, -0.15) is 0 Å². The highest BCUT2D eigenvalue weighted by Gasteiger charge is 2.31. The Labute approximate surface area is 150 Å². The molecule has 0 radical (unpaired) electrons. The maximum atomic E-state index is 13.3. The summed E-state index contributed by atoms with van der Waals surface area (Å²) in [6.07, 6.45) is 5.19. The molecule has 0 amide bonds. The van der Waals surface area contributed by atoms with Crippen LogP contribution in [0.1, 0.15) is 43.8 Å². The Hall–Kier alpha value is -0.390. The van der Waals surface area contributed by atoms with Crippen LogP contribution in [0, 0.1) is 11.7 Å². The van der Waals surface area contributed by atoms with Crippen LogP contribution in [0.2, 0.25) is 0 Å². The molecule has 6 heteroatoms. The molecule has 3 rings (SSSR count). The minimum Gasteiger partial charge on any atom is -0.387 e. The van der Waals surface area contributed by atoms with Gasteiger partial charge in [-0.05, 0) is 68.8 Å². The normalized spacial score (nSPS) is 26.2. The summed E-state index contributed by atoms with van der Waals surface area (Å²) < 4.78 is 13.3. The number of benzene rings is 1. The van der Waals surface area contributed by atoms with Crippen molar-refractivity contribution in [2.75, 3.05) is 13.1 Å². The number of hydrogen-bond donors (Lipinski definition) is 3. The Morgan fingerprint density at radius 1 is 1.13 bits per heavy atom. The fourth-order valence-electron chi connectivity index (χ4n) is 3.73. The van der Waals surface area contributed by atoms with Crippen LogP contribution in [-0.4, -0.2) is 30.3 Å². The SMILES string of the molecule is Cl.Cl.O[C@H](c1cccc(F)c1)[C@H]1CC[C@@H](CC2CCNCC2)N1. The number of rotatable bonds is 4. The van der Waals surface area contributed by atoms with Crippen molar-refractivity contribution in [3.8, 4) is 0 Å². The molecule has 3 N–H and O–H groups in total. The highest BCUT2D eigenvalue weighted by atomic mass is 35.5. The predicted octanol–water partition coefficient (Wildman–Crippen LogP) is 3.21. The molecule has 3 atom stereocenters. The molecule has 0 aliphatic carbocycles. The van der Waals surface area contributed by atoms with Gasteiger partial charge in [-0.3, -0.25) is 0 Å². The summed E-state index contributed by atoms with van der Waals surface area (Å²) in [5, 5.41) is 17.4. The molecule has 3 nitrogen and oxygen atoms in total. The van der Waals surface area contributed by atoms with Crippen LogP contribution in [0.3, 0.4) is 0 Å². The van der Waals surface area contributed by atoms with E-state index < -0.39 is 6.10 Å². The molecule has 0 saturated carbocycles. The molecule has 1 aromatic carbocycles. The fraction of sp³-hybridized carbons (Fsp3) is 0.647. The van der Waals surface area contributed by atoms with E-state index in [1.807, 2.05) is 0 Å². The Morgan fingerprint density at radius 2 is 1.87 bits per heavy atom. The molecule has 2 aliphatic heterocycles. The van der Waals surface area contributed by atoms with E-state index in [0.29, 0.717) is 11.6 Å². The maximum absolute atomic E-state index is 13.3. The van der Waals surface area contributed by atoms with E-state index in [-0.39, 0.29) is 36.7 Å².